The number of benzene rings is 1. The normalized spacial score (nSPS) is 17.0. The Morgan fingerprint density at radius 2 is 1.88 bits per heavy atom. The number of alkyl halides is 3. The van der Waals surface area contributed by atoms with Crippen molar-refractivity contribution in [3.8, 4) is 0 Å². The van der Waals surface area contributed by atoms with Crippen LogP contribution >= 0.6 is 0 Å². The van der Waals surface area contributed by atoms with Crippen molar-refractivity contribution in [3.05, 3.63) is 41.3 Å². The van der Waals surface area contributed by atoms with E-state index in [2.05, 4.69) is 0 Å². The minimum absolute atomic E-state index is 0.0809. The number of nitrogens with two attached hydrogens (primary N) is 1. The molecule has 0 unspecified atom stereocenters. The number of hydrogen-bond acceptors (Lipinski definition) is 1. The molecule has 1 aliphatic carbocycles. The highest BCUT2D eigenvalue weighted by Crippen LogP contribution is 2.39. The molecule has 1 heterocycles. The van der Waals surface area contributed by atoms with Crippen molar-refractivity contribution in [1.82, 2.24) is 4.57 Å². The summed E-state index contributed by atoms with van der Waals surface area (Å²) >= 11 is 0. The Labute approximate surface area is 150 Å². The summed E-state index contributed by atoms with van der Waals surface area (Å²) in [5.41, 5.74) is 7.23. The quantitative estimate of drug-likeness (QED) is 0.666. The van der Waals surface area contributed by atoms with Crippen LogP contribution in [0.3, 0.4) is 0 Å². The van der Waals surface area contributed by atoms with Gasteiger partial charge in [-0.1, -0.05) is 26.8 Å². The van der Waals surface area contributed by atoms with Gasteiger partial charge in [-0.15, -0.1) is 0 Å². The lowest BCUT2D eigenvalue weighted by atomic mass is 9.96. The third-order valence-electron chi connectivity index (χ3n) is 4.72. The van der Waals surface area contributed by atoms with Crippen LogP contribution in [0.2, 0.25) is 0 Å². The van der Waals surface area contributed by atoms with Crippen molar-refractivity contribution in [2.75, 3.05) is 0 Å². The van der Waals surface area contributed by atoms with Crippen LogP contribution in [0.4, 0.5) is 17.6 Å². The summed E-state index contributed by atoms with van der Waals surface area (Å²) in [4.78, 5) is 0. The van der Waals surface area contributed by atoms with Gasteiger partial charge < -0.3 is 10.3 Å². The second-order valence-electron chi connectivity index (χ2n) is 8.26. The fraction of sp³-hybridized carbons (Fsp3) is 0.500. The first-order chi connectivity index (χ1) is 12.0. The molecule has 1 aliphatic rings. The maximum atomic E-state index is 14.7. The minimum Gasteiger partial charge on any atom is -0.347 e. The van der Waals surface area contributed by atoms with Crippen molar-refractivity contribution in [2.24, 2.45) is 11.1 Å². The number of halogens is 4. The summed E-state index contributed by atoms with van der Waals surface area (Å²) in [6.07, 6.45) is 1.52. The van der Waals surface area contributed by atoms with Crippen LogP contribution in [-0.2, 0) is 6.54 Å². The van der Waals surface area contributed by atoms with Crippen molar-refractivity contribution in [1.29, 1.82) is 0 Å². The fourth-order valence-electron chi connectivity index (χ4n) is 3.57. The monoisotopic (exact) mass is 368 g/mol. The Bertz CT molecular complexity index is 853. The van der Waals surface area contributed by atoms with Crippen LogP contribution in [0.1, 0.15) is 57.2 Å². The lowest BCUT2D eigenvalue weighted by molar-refractivity contribution is -0.148. The van der Waals surface area contributed by atoms with Gasteiger partial charge in [-0.05, 0) is 42.4 Å². The summed E-state index contributed by atoms with van der Waals surface area (Å²) in [5, 5.41) is 0.235. The van der Waals surface area contributed by atoms with Gasteiger partial charge in [-0.3, -0.25) is 0 Å². The molecule has 142 valence electrons. The van der Waals surface area contributed by atoms with Crippen LogP contribution in [0.15, 0.2) is 24.4 Å². The first-order valence-corrected chi connectivity index (χ1v) is 8.81. The van der Waals surface area contributed by atoms with E-state index in [9.17, 15) is 17.6 Å². The molecule has 1 aromatic carbocycles. The number of allylic oxidation sites excluding steroid dienone is 2. The third-order valence-corrected chi connectivity index (χ3v) is 4.72. The standard InChI is InChI=1S/C20H24F4N2/c1-19(2,3)11-26-10-15(18(25)20(22,23)24)14-8-16(21)13(9-17(14)26)12-6-4-5-7-12/h6,8-10,18H,4-5,7,11,25H2,1-3H3/t18-/m0/s1. The van der Waals surface area contributed by atoms with E-state index < -0.39 is 18.0 Å². The molecule has 0 fully saturated rings. The molecule has 1 aromatic heterocycles. The van der Waals surface area contributed by atoms with Gasteiger partial charge in [-0.25, -0.2) is 4.39 Å². The highest BCUT2D eigenvalue weighted by Gasteiger charge is 2.39. The molecule has 0 radical (unpaired) electrons. The number of fused-ring (bicyclic) bond motifs is 1. The highest BCUT2D eigenvalue weighted by atomic mass is 19.4. The lowest BCUT2D eigenvalue weighted by Crippen LogP contribution is -2.28. The Morgan fingerprint density at radius 1 is 1.19 bits per heavy atom. The summed E-state index contributed by atoms with van der Waals surface area (Å²) < 4.78 is 56.1. The Balaban J connectivity index is 2.22. The molecule has 2 aromatic rings. The van der Waals surface area contributed by atoms with E-state index in [0.29, 0.717) is 17.6 Å². The predicted molar refractivity (Wildman–Crippen MR) is 96.2 cm³/mol. The van der Waals surface area contributed by atoms with Crippen LogP contribution in [0.5, 0.6) is 0 Å². The summed E-state index contributed by atoms with van der Waals surface area (Å²) in [6, 6.07) is 0.756. The molecule has 26 heavy (non-hydrogen) atoms. The molecule has 2 nitrogen and oxygen atoms in total. The molecule has 0 saturated carbocycles. The maximum Gasteiger partial charge on any atom is 0.407 e. The molecule has 0 aliphatic heterocycles. The van der Waals surface area contributed by atoms with Gasteiger partial charge in [0.2, 0.25) is 0 Å². The summed E-state index contributed by atoms with van der Waals surface area (Å²) in [6.45, 7) is 6.53. The molecular weight excluding hydrogens is 344 g/mol. The van der Waals surface area contributed by atoms with Gasteiger partial charge in [0.1, 0.15) is 11.9 Å². The molecular formula is C20H24F4N2. The molecule has 3 rings (SSSR count). The average Bonchev–Trinajstić information content (AvgIpc) is 3.12. The SMILES string of the molecule is CC(C)(C)Cn1cc([C@H](N)C(F)(F)F)c2cc(F)c(C3=CCCC3)cc21. The van der Waals surface area contributed by atoms with Gasteiger partial charge in [0.15, 0.2) is 0 Å². The minimum atomic E-state index is -4.58. The topological polar surface area (TPSA) is 30.9 Å². The highest BCUT2D eigenvalue weighted by molar-refractivity contribution is 5.88. The predicted octanol–water partition coefficient (Wildman–Crippen LogP) is 5.96. The molecule has 6 heteroatoms. The first kappa shape index (κ1) is 19.0. The Kier molecular flexibility index (Phi) is 4.67. The van der Waals surface area contributed by atoms with E-state index >= 15 is 0 Å². The smallest absolute Gasteiger partial charge is 0.347 e. The zero-order valence-corrected chi connectivity index (χ0v) is 15.3. The van der Waals surface area contributed by atoms with E-state index in [1.54, 1.807) is 10.6 Å². The van der Waals surface area contributed by atoms with Gasteiger partial charge in [0.05, 0.1) is 0 Å². The van der Waals surface area contributed by atoms with E-state index in [1.807, 2.05) is 26.8 Å². The number of aromatic nitrogens is 1. The van der Waals surface area contributed by atoms with Gasteiger partial charge in [0, 0.05) is 34.8 Å². The second kappa shape index (κ2) is 6.41. The van der Waals surface area contributed by atoms with Crippen LogP contribution in [0, 0.1) is 11.2 Å². The van der Waals surface area contributed by atoms with E-state index in [1.165, 1.54) is 12.3 Å². The molecule has 0 amide bonds. The van der Waals surface area contributed by atoms with Crippen molar-refractivity contribution in [3.63, 3.8) is 0 Å². The second-order valence-corrected chi connectivity index (χ2v) is 8.26. The van der Waals surface area contributed by atoms with Crippen LogP contribution < -0.4 is 5.73 Å². The largest absolute Gasteiger partial charge is 0.407 e. The number of nitrogens with zero attached hydrogens (tertiary/aromatic N) is 1. The Morgan fingerprint density at radius 3 is 2.42 bits per heavy atom. The van der Waals surface area contributed by atoms with Crippen molar-refractivity contribution in [2.45, 2.75) is 58.8 Å². The van der Waals surface area contributed by atoms with Crippen molar-refractivity contribution >= 4 is 16.5 Å². The first-order valence-electron chi connectivity index (χ1n) is 8.81. The molecule has 0 saturated heterocycles. The van der Waals surface area contributed by atoms with Crippen LogP contribution in [0.25, 0.3) is 16.5 Å². The summed E-state index contributed by atoms with van der Waals surface area (Å²) in [7, 11) is 0. The van der Waals surface area contributed by atoms with Crippen LogP contribution in [-0.4, -0.2) is 10.7 Å². The Hall–Kier alpha value is -1.82. The van der Waals surface area contributed by atoms with E-state index in [4.69, 9.17) is 5.73 Å². The van der Waals surface area contributed by atoms with Gasteiger partial charge in [-0.2, -0.15) is 13.2 Å². The maximum absolute atomic E-state index is 14.7. The molecule has 0 spiro atoms. The van der Waals surface area contributed by atoms with E-state index in [-0.39, 0.29) is 16.4 Å². The average molecular weight is 368 g/mol. The lowest BCUT2D eigenvalue weighted by Gasteiger charge is -2.20. The molecule has 0 bridgehead atoms. The third kappa shape index (κ3) is 3.65. The van der Waals surface area contributed by atoms with Gasteiger partial charge in [0.25, 0.3) is 0 Å². The van der Waals surface area contributed by atoms with Gasteiger partial charge >= 0.3 is 6.18 Å². The number of rotatable bonds is 3. The van der Waals surface area contributed by atoms with E-state index in [0.717, 1.165) is 24.8 Å². The molecule has 1 atom stereocenters. The number of hydrogen-bond donors (Lipinski definition) is 1. The molecule has 2 N–H and O–H groups in total. The summed E-state index contributed by atoms with van der Waals surface area (Å²) in [5.74, 6) is -0.491. The fourth-order valence-corrected chi connectivity index (χ4v) is 3.57. The zero-order valence-electron chi connectivity index (χ0n) is 15.3. The zero-order chi connectivity index (χ0) is 19.3. The van der Waals surface area contributed by atoms with Crippen molar-refractivity contribution < 1.29 is 17.6 Å².